The third kappa shape index (κ3) is 3.88. The maximum atomic E-state index is 12.0. The number of nitrogens with zero attached hydrogens (tertiary/aromatic N) is 2. The van der Waals surface area contributed by atoms with E-state index >= 15 is 0 Å². The molecule has 2 aliphatic rings. The number of nitrogens with one attached hydrogen (secondary N) is 1. The van der Waals surface area contributed by atoms with Gasteiger partial charge >= 0.3 is 0 Å². The van der Waals surface area contributed by atoms with Crippen LogP contribution in [0.5, 0.6) is 0 Å². The number of amides is 1. The predicted octanol–water partition coefficient (Wildman–Crippen LogP) is 4.14. The standard InChI is InChI=1S/C25H25N3O/c29-25(10-7-18-4-3-12-26-15-18)27-13-11-22-23-16-28(17-24(22)23)21-9-8-19-5-1-2-6-20(19)14-21/h1-10,12,14-15,22-24H,11,13,16-17H2,(H,27,29)/b10-7+/t22?,23-,24+. The predicted molar refractivity (Wildman–Crippen MR) is 118 cm³/mol. The zero-order valence-electron chi connectivity index (χ0n) is 16.4. The summed E-state index contributed by atoms with van der Waals surface area (Å²) in [5, 5.41) is 5.62. The van der Waals surface area contributed by atoms with E-state index in [0.717, 1.165) is 49.4 Å². The molecule has 1 saturated carbocycles. The summed E-state index contributed by atoms with van der Waals surface area (Å²) in [6.07, 6.45) is 7.94. The van der Waals surface area contributed by atoms with Gasteiger partial charge in [0.05, 0.1) is 0 Å². The second-order valence-electron chi connectivity index (χ2n) is 8.13. The summed E-state index contributed by atoms with van der Waals surface area (Å²) < 4.78 is 0. The van der Waals surface area contributed by atoms with E-state index < -0.39 is 0 Å². The Bertz CT molecular complexity index is 1030. The van der Waals surface area contributed by atoms with Crippen molar-refractivity contribution in [3.63, 3.8) is 0 Å². The van der Waals surface area contributed by atoms with Crippen molar-refractivity contribution in [2.45, 2.75) is 6.42 Å². The Labute approximate surface area is 171 Å². The lowest BCUT2D eigenvalue weighted by atomic mass is 10.1. The van der Waals surface area contributed by atoms with Crippen LogP contribution in [0, 0.1) is 17.8 Å². The van der Waals surface area contributed by atoms with E-state index in [1.54, 1.807) is 24.5 Å². The molecule has 146 valence electrons. The van der Waals surface area contributed by atoms with Crippen LogP contribution >= 0.6 is 0 Å². The van der Waals surface area contributed by atoms with Crippen molar-refractivity contribution in [1.29, 1.82) is 0 Å². The molecule has 1 aliphatic carbocycles. The van der Waals surface area contributed by atoms with Gasteiger partial charge in [0.1, 0.15) is 0 Å². The number of hydrogen-bond acceptors (Lipinski definition) is 3. The van der Waals surface area contributed by atoms with Crippen LogP contribution in [0.2, 0.25) is 0 Å². The molecule has 1 aliphatic heterocycles. The summed E-state index contributed by atoms with van der Waals surface area (Å²) in [6.45, 7) is 3.04. The van der Waals surface area contributed by atoms with Crippen LogP contribution < -0.4 is 10.2 Å². The SMILES string of the molecule is O=C(/C=C/c1cccnc1)NCCC1[C@H]2CN(c3ccc4ccccc4c3)C[C@@H]12. The average molecular weight is 383 g/mol. The third-order valence-corrected chi connectivity index (χ3v) is 6.36. The van der Waals surface area contributed by atoms with Gasteiger partial charge < -0.3 is 10.2 Å². The van der Waals surface area contributed by atoms with E-state index in [4.69, 9.17) is 0 Å². The van der Waals surface area contributed by atoms with Crippen molar-refractivity contribution in [3.05, 3.63) is 78.6 Å². The summed E-state index contributed by atoms with van der Waals surface area (Å²) in [7, 11) is 0. The van der Waals surface area contributed by atoms with Crippen molar-refractivity contribution in [3.8, 4) is 0 Å². The quantitative estimate of drug-likeness (QED) is 0.651. The minimum atomic E-state index is -0.0301. The van der Waals surface area contributed by atoms with Gasteiger partial charge in [0, 0.05) is 43.8 Å². The normalized spacial score (nSPS) is 22.8. The van der Waals surface area contributed by atoms with Crippen LogP contribution in [0.1, 0.15) is 12.0 Å². The summed E-state index contributed by atoms with van der Waals surface area (Å²) in [6, 6.07) is 19.1. The second-order valence-corrected chi connectivity index (χ2v) is 8.13. The zero-order valence-corrected chi connectivity index (χ0v) is 16.4. The van der Waals surface area contributed by atoms with E-state index in [0.29, 0.717) is 0 Å². The first-order valence-corrected chi connectivity index (χ1v) is 10.4. The Morgan fingerprint density at radius 2 is 1.90 bits per heavy atom. The fraction of sp³-hybridized carbons (Fsp3) is 0.280. The van der Waals surface area contributed by atoms with Crippen LogP contribution in [0.15, 0.2) is 73.1 Å². The summed E-state index contributed by atoms with van der Waals surface area (Å²) in [4.78, 5) is 18.5. The Morgan fingerprint density at radius 3 is 2.69 bits per heavy atom. The molecule has 4 nitrogen and oxygen atoms in total. The minimum absolute atomic E-state index is 0.0301. The van der Waals surface area contributed by atoms with E-state index in [9.17, 15) is 4.79 Å². The van der Waals surface area contributed by atoms with Crippen LogP contribution in [0.25, 0.3) is 16.8 Å². The highest BCUT2D eigenvalue weighted by atomic mass is 16.1. The Morgan fingerprint density at radius 1 is 1.07 bits per heavy atom. The van der Waals surface area contributed by atoms with Crippen LogP contribution in [-0.2, 0) is 4.79 Å². The maximum absolute atomic E-state index is 12.0. The first-order chi connectivity index (χ1) is 14.3. The molecule has 2 fully saturated rings. The number of hydrogen-bond donors (Lipinski definition) is 1. The number of pyridine rings is 1. The molecule has 5 rings (SSSR count). The summed E-state index contributed by atoms with van der Waals surface area (Å²) in [5.74, 6) is 2.29. The van der Waals surface area contributed by atoms with Crippen molar-refractivity contribution < 1.29 is 4.79 Å². The molecule has 29 heavy (non-hydrogen) atoms. The molecule has 0 bridgehead atoms. The van der Waals surface area contributed by atoms with Gasteiger partial charge in [0.15, 0.2) is 0 Å². The maximum Gasteiger partial charge on any atom is 0.244 e. The molecule has 1 unspecified atom stereocenters. The molecule has 3 atom stereocenters. The Kier molecular flexibility index (Phi) is 4.76. The number of aromatic nitrogens is 1. The van der Waals surface area contributed by atoms with E-state index in [-0.39, 0.29) is 5.91 Å². The zero-order chi connectivity index (χ0) is 19.6. The van der Waals surface area contributed by atoms with E-state index in [1.165, 1.54) is 16.5 Å². The number of anilines is 1. The smallest absolute Gasteiger partial charge is 0.244 e. The van der Waals surface area contributed by atoms with Crippen LogP contribution in [-0.4, -0.2) is 30.5 Å². The first kappa shape index (κ1) is 17.9. The molecule has 4 heteroatoms. The van der Waals surface area contributed by atoms with Crippen molar-refractivity contribution in [1.82, 2.24) is 10.3 Å². The van der Waals surface area contributed by atoms with Gasteiger partial charge in [-0.15, -0.1) is 0 Å². The van der Waals surface area contributed by atoms with E-state index in [1.807, 2.05) is 12.1 Å². The van der Waals surface area contributed by atoms with E-state index in [2.05, 4.69) is 57.7 Å². The lowest BCUT2D eigenvalue weighted by Crippen LogP contribution is -2.26. The van der Waals surface area contributed by atoms with Gasteiger partial charge in [-0.1, -0.05) is 36.4 Å². The molecule has 2 heterocycles. The number of rotatable bonds is 6. The minimum Gasteiger partial charge on any atom is -0.371 e. The van der Waals surface area contributed by atoms with Gasteiger partial charge in [-0.05, 0) is 64.8 Å². The van der Waals surface area contributed by atoms with Gasteiger partial charge in [0.2, 0.25) is 5.91 Å². The molecule has 1 amide bonds. The molecule has 1 aromatic heterocycles. The molecule has 3 aromatic rings. The third-order valence-electron chi connectivity index (χ3n) is 6.36. The molecule has 2 aromatic carbocycles. The topological polar surface area (TPSA) is 45.2 Å². The summed E-state index contributed by atoms with van der Waals surface area (Å²) >= 11 is 0. The van der Waals surface area contributed by atoms with Crippen LogP contribution in [0.3, 0.4) is 0 Å². The van der Waals surface area contributed by atoms with Crippen molar-refractivity contribution in [2.75, 3.05) is 24.5 Å². The largest absolute Gasteiger partial charge is 0.371 e. The molecular weight excluding hydrogens is 358 g/mol. The second kappa shape index (κ2) is 7.70. The molecular formula is C25H25N3O. The highest BCUT2D eigenvalue weighted by molar-refractivity contribution is 5.91. The monoisotopic (exact) mass is 383 g/mol. The average Bonchev–Trinajstić information content (AvgIpc) is 3.20. The number of carbonyl (C=O) groups excluding carboxylic acids is 1. The van der Waals surface area contributed by atoms with Gasteiger partial charge in [-0.25, -0.2) is 0 Å². The van der Waals surface area contributed by atoms with Gasteiger partial charge in [0.25, 0.3) is 0 Å². The van der Waals surface area contributed by atoms with Gasteiger partial charge in [-0.2, -0.15) is 0 Å². The van der Waals surface area contributed by atoms with Crippen LogP contribution in [0.4, 0.5) is 5.69 Å². The summed E-state index contributed by atoms with van der Waals surface area (Å²) in [5.41, 5.74) is 2.27. The number of fused-ring (bicyclic) bond motifs is 2. The number of benzene rings is 2. The Balaban J connectivity index is 1.08. The molecule has 0 spiro atoms. The number of carbonyl (C=O) groups is 1. The molecule has 0 radical (unpaired) electrons. The van der Waals surface area contributed by atoms with Crippen molar-refractivity contribution in [2.24, 2.45) is 17.8 Å². The molecule has 1 saturated heterocycles. The highest BCUT2D eigenvalue weighted by Gasteiger charge is 2.54. The lowest BCUT2D eigenvalue weighted by Gasteiger charge is -2.22. The first-order valence-electron chi connectivity index (χ1n) is 10.4. The van der Waals surface area contributed by atoms with Crippen molar-refractivity contribution >= 4 is 28.4 Å². The Hall–Kier alpha value is -3.14. The number of piperidine rings is 1. The molecule has 1 N–H and O–H groups in total. The fourth-order valence-corrected chi connectivity index (χ4v) is 4.73. The fourth-order valence-electron chi connectivity index (χ4n) is 4.73. The highest BCUT2D eigenvalue weighted by Crippen LogP contribution is 2.54. The lowest BCUT2D eigenvalue weighted by molar-refractivity contribution is -0.116. The van der Waals surface area contributed by atoms with Gasteiger partial charge in [-0.3, -0.25) is 9.78 Å².